The van der Waals surface area contributed by atoms with Gasteiger partial charge in [0.25, 0.3) is 0 Å². The van der Waals surface area contributed by atoms with Crippen LogP contribution in [0.1, 0.15) is 19.4 Å². The molecule has 0 aliphatic carbocycles. The van der Waals surface area contributed by atoms with Crippen molar-refractivity contribution in [3.05, 3.63) is 42.2 Å². The summed E-state index contributed by atoms with van der Waals surface area (Å²) < 4.78 is 2.29. The molecule has 2 heterocycles. The summed E-state index contributed by atoms with van der Waals surface area (Å²) in [7, 11) is 0. The first-order valence-corrected chi connectivity index (χ1v) is 6.46. The molecule has 18 heavy (non-hydrogen) atoms. The molecule has 1 aliphatic rings. The second-order valence-electron chi connectivity index (χ2n) is 5.39. The highest BCUT2D eigenvalue weighted by Gasteiger charge is 2.21. The Kier molecular flexibility index (Phi) is 2.71. The van der Waals surface area contributed by atoms with E-state index < -0.39 is 0 Å². The lowest BCUT2D eigenvalue weighted by atomic mass is 10.1. The van der Waals surface area contributed by atoms with E-state index in [1.54, 1.807) is 0 Å². The number of hydrogen-bond donors (Lipinski definition) is 0. The fourth-order valence-corrected chi connectivity index (χ4v) is 2.80. The van der Waals surface area contributed by atoms with Crippen LogP contribution >= 0.6 is 0 Å². The third kappa shape index (κ3) is 1.85. The Morgan fingerprint density at radius 3 is 3.11 bits per heavy atom. The molecule has 1 aliphatic heterocycles. The van der Waals surface area contributed by atoms with Gasteiger partial charge < -0.3 is 4.57 Å². The monoisotopic (exact) mass is 241 g/mol. The topological polar surface area (TPSA) is 21.1 Å². The lowest BCUT2D eigenvalue weighted by Gasteiger charge is -2.27. The van der Waals surface area contributed by atoms with Crippen LogP contribution in [0.4, 0.5) is 0 Å². The van der Waals surface area contributed by atoms with Crippen molar-refractivity contribution in [2.24, 2.45) is 0 Å². The molecule has 3 nitrogen and oxygen atoms in total. The molecule has 0 saturated heterocycles. The van der Waals surface area contributed by atoms with Crippen molar-refractivity contribution in [1.29, 1.82) is 0 Å². The Bertz CT molecular complexity index is 597. The van der Waals surface area contributed by atoms with Gasteiger partial charge in [0, 0.05) is 25.7 Å². The first-order valence-electron chi connectivity index (χ1n) is 6.46. The minimum absolute atomic E-state index is 0.506. The van der Waals surface area contributed by atoms with E-state index in [-0.39, 0.29) is 0 Å². The van der Waals surface area contributed by atoms with Crippen LogP contribution in [-0.4, -0.2) is 27.0 Å². The smallest absolute Gasteiger partial charge is 0.0958 e. The van der Waals surface area contributed by atoms with Crippen LogP contribution < -0.4 is 0 Å². The van der Waals surface area contributed by atoms with Crippen LogP contribution in [0.15, 0.2) is 36.7 Å². The van der Waals surface area contributed by atoms with E-state index in [0.29, 0.717) is 6.04 Å². The fourth-order valence-electron chi connectivity index (χ4n) is 2.80. The standard InChI is InChI=1S/C15H19N3/c1-11(2)7-17-9-13-5-4-6-14-15(13)18(10-16-14)8-12(17)3/h4-6,10,12H,1,7-9H2,2-3H3. The third-order valence-corrected chi connectivity index (χ3v) is 3.65. The maximum Gasteiger partial charge on any atom is 0.0958 e. The molecule has 0 saturated carbocycles. The molecular weight excluding hydrogens is 222 g/mol. The predicted molar refractivity (Wildman–Crippen MR) is 74.4 cm³/mol. The van der Waals surface area contributed by atoms with Crippen molar-refractivity contribution >= 4 is 11.0 Å². The molecule has 0 spiro atoms. The Labute approximate surface area is 108 Å². The van der Waals surface area contributed by atoms with Crippen molar-refractivity contribution in [1.82, 2.24) is 14.5 Å². The number of imidazole rings is 1. The van der Waals surface area contributed by atoms with Gasteiger partial charge >= 0.3 is 0 Å². The Balaban J connectivity index is 2.05. The maximum absolute atomic E-state index is 4.48. The van der Waals surface area contributed by atoms with Crippen LogP contribution in [0, 0.1) is 0 Å². The summed E-state index contributed by atoms with van der Waals surface area (Å²) in [5.41, 5.74) is 5.00. The quantitative estimate of drug-likeness (QED) is 0.754. The van der Waals surface area contributed by atoms with E-state index in [0.717, 1.165) is 25.2 Å². The molecule has 2 aromatic rings. The number of rotatable bonds is 2. The van der Waals surface area contributed by atoms with Gasteiger partial charge in [-0.05, 0) is 25.5 Å². The van der Waals surface area contributed by atoms with Crippen LogP contribution in [-0.2, 0) is 13.1 Å². The summed E-state index contributed by atoms with van der Waals surface area (Å²) in [6.07, 6.45) is 1.97. The summed E-state index contributed by atoms with van der Waals surface area (Å²) >= 11 is 0. The first-order chi connectivity index (χ1) is 8.65. The summed E-state index contributed by atoms with van der Waals surface area (Å²) in [4.78, 5) is 6.97. The van der Waals surface area contributed by atoms with E-state index in [9.17, 15) is 0 Å². The molecule has 0 radical (unpaired) electrons. The Hall–Kier alpha value is -1.61. The molecule has 1 unspecified atom stereocenters. The van der Waals surface area contributed by atoms with E-state index in [4.69, 9.17) is 0 Å². The first kappa shape index (κ1) is 11.5. The minimum atomic E-state index is 0.506. The number of benzene rings is 1. The number of para-hydroxylation sites is 1. The third-order valence-electron chi connectivity index (χ3n) is 3.65. The largest absolute Gasteiger partial charge is 0.329 e. The highest BCUT2D eigenvalue weighted by atomic mass is 15.2. The zero-order chi connectivity index (χ0) is 12.7. The highest BCUT2D eigenvalue weighted by Crippen LogP contribution is 2.25. The van der Waals surface area contributed by atoms with Gasteiger partial charge in [0.05, 0.1) is 17.4 Å². The molecular formula is C15H19N3. The molecule has 0 fully saturated rings. The molecule has 1 aromatic carbocycles. The van der Waals surface area contributed by atoms with Gasteiger partial charge in [-0.1, -0.05) is 24.3 Å². The van der Waals surface area contributed by atoms with Crippen molar-refractivity contribution in [2.75, 3.05) is 6.54 Å². The summed E-state index contributed by atoms with van der Waals surface area (Å²) in [6, 6.07) is 6.91. The van der Waals surface area contributed by atoms with Gasteiger partial charge in [0.2, 0.25) is 0 Å². The average Bonchev–Trinajstić information content (AvgIpc) is 2.66. The second kappa shape index (κ2) is 4.25. The summed E-state index contributed by atoms with van der Waals surface area (Å²) in [5, 5.41) is 0. The normalized spacial score (nSPS) is 20.0. The fraction of sp³-hybridized carbons (Fsp3) is 0.400. The van der Waals surface area contributed by atoms with Crippen LogP contribution in [0.5, 0.6) is 0 Å². The van der Waals surface area contributed by atoms with E-state index in [1.807, 2.05) is 6.33 Å². The zero-order valence-corrected chi connectivity index (χ0v) is 11.1. The minimum Gasteiger partial charge on any atom is -0.329 e. The molecule has 3 rings (SSSR count). The van der Waals surface area contributed by atoms with Gasteiger partial charge in [-0.2, -0.15) is 0 Å². The van der Waals surface area contributed by atoms with Crippen molar-refractivity contribution in [2.45, 2.75) is 33.0 Å². The van der Waals surface area contributed by atoms with E-state index >= 15 is 0 Å². The number of nitrogens with zero attached hydrogens (tertiary/aromatic N) is 3. The van der Waals surface area contributed by atoms with Crippen LogP contribution in [0.3, 0.4) is 0 Å². The number of hydrogen-bond acceptors (Lipinski definition) is 2. The Morgan fingerprint density at radius 1 is 1.50 bits per heavy atom. The lowest BCUT2D eigenvalue weighted by Crippen LogP contribution is -2.35. The van der Waals surface area contributed by atoms with Crippen LogP contribution in [0.25, 0.3) is 11.0 Å². The molecule has 1 aromatic heterocycles. The van der Waals surface area contributed by atoms with Crippen molar-refractivity contribution in [3.63, 3.8) is 0 Å². The number of aromatic nitrogens is 2. The van der Waals surface area contributed by atoms with Crippen molar-refractivity contribution in [3.8, 4) is 0 Å². The van der Waals surface area contributed by atoms with E-state index in [1.165, 1.54) is 16.7 Å². The predicted octanol–water partition coefficient (Wildman–Crippen LogP) is 2.82. The van der Waals surface area contributed by atoms with Gasteiger partial charge in [-0.3, -0.25) is 4.90 Å². The molecule has 0 N–H and O–H groups in total. The molecule has 0 amide bonds. The highest BCUT2D eigenvalue weighted by molar-refractivity contribution is 5.79. The lowest BCUT2D eigenvalue weighted by molar-refractivity contribution is 0.206. The molecule has 1 atom stereocenters. The second-order valence-corrected chi connectivity index (χ2v) is 5.39. The summed E-state index contributed by atoms with van der Waals surface area (Å²) in [5.74, 6) is 0. The van der Waals surface area contributed by atoms with Gasteiger partial charge in [-0.25, -0.2) is 4.98 Å². The summed E-state index contributed by atoms with van der Waals surface area (Å²) in [6.45, 7) is 11.4. The molecule has 3 heteroatoms. The maximum atomic E-state index is 4.48. The van der Waals surface area contributed by atoms with Gasteiger partial charge in [0.1, 0.15) is 0 Å². The Morgan fingerprint density at radius 2 is 2.33 bits per heavy atom. The van der Waals surface area contributed by atoms with E-state index in [2.05, 4.69) is 53.1 Å². The van der Waals surface area contributed by atoms with Gasteiger partial charge in [-0.15, -0.1) is 0 Å². The average molecular weight is 241 g/mol. The van der Waals surface area contributed by atoms with Gasteiger partial charge in [0.15, 0.2) is 0 Å². The molecule has 0 bridgehead atoms. The van der Waals surface area contributed by atoms with Crippen molar-refractivity contribution < 1.29 is 0 Å². The SMILES string of the molecule is C=C(C)CN1Cc2cccc3ncn(c23)CC1C. The zero-order valence-electron chi connectivity index (χ0n) is 11.1. The molecule has 94 valence electrons. The van der Waals surface area contributed by atoms with Crippen LogP contribution in [0.2, 0.25) is 0 Å².